The summed E-state index contributed by atoms with van der Waals surface area (Å²) in [6, 6.07) is 0.971. The molecule has 0 radical (unpaired) electrons. The van der Waals surface area contributed by atoms with Crippen LogP contribution in [0.5, 0.6) is 0 Å². The number of halogens is 3. The average Bonchev–Trinajstić information content (AvgIpc) is 2.74. The summed E-state index contributed by atoms with van der Waals surface area (Å²) in [6.07, 6.45) is -1.20. The minimum absolute atomic E-state index is 0.0636. The maximum Gasteiger partial charge on any atom is 0.433 e. The summed E-state index contributed by atoms with van der Waals surface area (Å²) in [5.74, 6) is 1.10. The van der Waals surface area contributed by atoms with Crippen molar-refractivity contribution < 1.29 is 13.2 Å². The minimum Gasteiger partial charge on any atom is -0.396 e. The summed E-state index contributed by atoms with van der Waals surface area (Å²) < 4.78 is 37.8. The van der Waals surface area contributed by atoms with Gasteiger partial charge in [0.15, 0.2) is 0 Å². The van der Waals surface area contributed by atoms with Gasteiger partial charge in [-0.2, -0.15) is 24.9 Å². The van der Waals surface area contributed by atoms with Gasteiger partial charge in [0.1, 0.15) is 5.69 Å². The second-order valence-corrected chi connectivity index (χ2v) is 6.59. The first kappa shape index (κ1) is 14.3. The van der Waals surface area contributed by atoms with Gasteiger partial charge in [0.25, 0.3) is 0 Å². The lowest BCUT2D eigenvalue weighted by Crippen LogP contribution is -2.27. The van der Waals surface area contributed by atoms with Gasteiger partial charge in [0.2, 0.25) is 0 Å². The van der Waals surface area contributed by atoms with Crippen LogP contribution < -0.4 is 11.1 Å². The van der Waals surface area contributed by atoms with E-state index >= 15 is 0 Å². The number of nitrogen functional groups attached to an aromatic ring is 1. The molecule has 3 N–H and O–H groups in total. The van der Waals surface area contributed by atoms with E-state index in [-0.39, 0.29) is 10.4 Å². The summed E-state index contributed by atoms with van der Waals surface area (Å²) in [6.45, 7) is 2.71. The molecule has 2 rings (SSSR count). The highest BCUT2D eigenvalue weighted by molar-refractivity contribution is 8.00. The fraction of sp³-hybridized carbons (Fsp3) is 0.583. The molecule has 1 aliphatic rings. The van der Waals surface area contributed by atoms with Crippen molar-refractivity contribution in [3.63, 3.8) is 0 Å². The number of alkyl halides is 3. The number of thioether (sulfide) groups is 1. The zero-order valence-electron chi connectivity index (χ0n) is 10.5. The Bertz CT molecular complexity index is 456. The first-order valence-corrected chi connectivity index (χ1v) is 6.99. The van der Waals surface area contributed by atoms with E-state index in [2.05, 4.69) is 17.2 Å². The van der Waals surface area contributed by atoms with Crippen LogP contribution in [0.3, 0.4) is 0 Å². The molecule has 0 saturated carbocycles. The standard InChI is InChI=1S/C12H16F3N3S/c1-11(3-2-4-19-11)7-18-9-5-10(12(13,14)15)17-6-8(9)16/h5-6H,2-4,7,16H2,1H3,(H,17,18). The Kier molecular flexibility index (Phi) is 3.85. The Hall–Kier alpha value is -1.11. The fourth-order valence-corrected chi connectivity index (χ4v) is 3.28. The lowest BCUT2D eigenvalue weighted by atomic mass is 10.1. The molecule has 1 aliphatic heterocycles. The van der Waals surface area contributed by atoms with E-state index in [9.17, 15) is 13.2 Å². The highest BCUT2D eigenvalue weighted by Crippen LogP contribution is 2.38. The van der Waals surface area contributed by atoms with Crippen molar-refractivity contribution in [2.75, 3.05) is 23.3 Å². The number of hydrogen-bond donors (Lipinski definition) is 2. The van der Waals surface area contributed by atoms with E-state index in [0.717, 1.165) is 30.9 Å². The third kappa shape index (κ3) is 3.46. The molecule has 0 aromatic carbocycles. The molecule has 19 heavy (non-hydrogen) atoms. The van der Waals surface area contributed by atoms with Gasteiger partial charge in [-0.1, -0.05) is 0 Å². The van der Waals surface area contributed by atoms with Crippen LogP contribution in [-0.2, 0) is 6.18 Å². The SMILES string of the molecule is CC1(CNc2cc(C(F)(F)F)ncc2N)CCCS1. The maximum absolute atomic E-state index is 12.6. The van der Waals surface area contributed by atoms with Crippen molar-refractivity contribution in [2.24, 2.45) is 0 Å². The molecule has 1 atom stereocenters. The highest BCUT2D eigenvalue weighted by atomic mass is 32.2. The zero-order chi connectivity index (χ0) is 14.1. The van der Waals surface area contributed by atoms with Crippen LogP contribution in [0.25, 0.3) is 0 Å². The minimum atomic E-state index is -4.45. The molecule has 1 fully saturated rings. The second-order valence-electron chi connectivity index (χ2n) is 4.91. The molecule has 106 valence electrons. The van der Waals surface area contributed by atoms with Crippen LogP contribution in [0.2, 0.25) is 0 Å². The number of rotatable bonds is 3. The second kappa shape index (κ2) is 5.11. The molecule has 1 aromatic heterocycles. The van der Waals surface area contributed by atoms with E-state index in [1.807, 2.05) is 11.8 Å². The Labute approximate surface area is 114 Å². The molecule has 0 amide bonds. The quantitative estimate of drug-likeness (QED) is 0.896. The third-order valence-corrected chi connectivity index (χ3v) is 4.72. The van der Waals surface area contributed by atoms with Gasteiger partial charge in [-0.15, -0.1) is 0 Å². The van der Waals surface area contributed by atoms with Crippen molar-refractivity contribution in [1.82, 2.24) is 4.98 Å². The van der Waals surface area contributed by atoms with Crippen molar-refractivity contribution in [2.45, 2.75) is 30.7 Å². The van der Waals surface area contributed by atoms with Crippen LogP contribution in [0.1, 0.15) is 25.5 Å². The lowest BCUT2D eigenvalue weighted by molar-refractivity contribution is -0.141. The molecule has 2 heterocycles. The Morgan fingerprint density at radius 2 is 2.26 bits per heavy atom. The summed E-state index contributed by atoms with van der Waals surface area (Å²) in [7, 11) is 0. The zero-order valence-corrected chi connectivity index (χ0v) is 11.4. The Morgan fingerprint density at radius 3 is 2.84 bits per heavy atom. The Morgan fingerprint density at radius 1 is 1.53 bits per heavy atom. The van der Waals surface area contributed by atoms with E-state index in [1.165, 1.54) is 0 Å². The van der Waals surface area contributed by atoms with E-state index in [0.29, 0.717) is 12.2 Å². The fourth-order valence-electron chi connectivity index (χ4n) is 2.03. The van der Waals surface area contributed by atoms with Crippen LogP contribution in [-0.4, -0.2) is 22.0 Å². The number of anilines is 2. The average molecular weight is 291 g/mol. The molecule has 0 bridgehead atoms. The van der Waals surface area contributed by atoms with Gasteiger partial charge in [-0.25, -0.2) is 4.98 Å². The predicted molar refractivity (Wildman–Crippen MR) is 72.2 cm³/mol. The Balaban J connectivity index is 2.11. The van der Waals surface area contributed by atoms with Gasteiger partial charge in [-0.05, 0) is 31.6 Å². The van der Waals surface area contributed by atoms with Crippen molar-refractivity contribution >= 4 is 23.1 Å². The van der Waals surface area contributed by atoms with Crippen LogP contribution in [0.4, 0.5) is 24.5 Å². The van der Waals surface area contributed by atoms with Crippen LogP contribution in [0, 0.1) is 0 Å². The largest absolute Gasteiger partial charge is 0.433 e. The molecular formula is C12H16F3N3S. The van der Waals surface area contributed by atoms with E-state index < -0.39 is 11.9 Å². The number of nitrogens with one attached hydrogen (secondary N) is 1. The first-order valence-electron chi connectivity index (χ1n) is 6.01. The van der Waals surface area contributed by atoms with Crippen LogP contribution >= 0.6 is 11.8 Å². The molecular weight excluding hydrogens is 275 g/mol. The normalized spacial score (nSPS) is 23.6. The molecule has 1 aromatic rings. The first-order chi connectivity index (χ1) is 8.80. The monoisotopic (exact) mass is 291 g/mol. The summed E-state index contributed by atoms with van der Waals surface area (Å²) in [5.41, 5.74) is 5.28. The van der Waals surface area contributed by atoms with Crippen LogP contribution in [0.15, 0.2) is 12.3 Å². The maximum atomic E-state index is 12.6. The van der Waals surface area contributed by atoms with Crippen molar-refractivity contribution in [3.05, 3.63) is 18.0 Å². The summed E-state index contributed by atoms with van der Waals surface area (Å²) >= 11 is 1.84. The molecule has 0 spiro atoms. The van der Waals surface area contributed by atoms with Gasteiger partial charge in [0, 0.05) is 11.3 Å². The molecule has 3 nitrogen and oxygen atoms in total. The topological polar surface area (TPSA) is 50.9 Å². The summed E-state index contributed by atoms with van der Waals surface area (Å²) in [5, 5.41) is 3.02. The number of nitrogens with two attached hydrogens (primary N) is 1. The number of hydrogen-bond acceptors (Lipinski definition) is 4. The van der Waals surface area contributed by atoms with E-state index in [1.54, 1.807) is 0 Å². The van der Waals surface area contributed by atoms with Gasteiger partial charge < -0.3 is 11.1 Å². The molecule has 1 unspecified atom stereocenters. The van der Waals surface area contributed by atoms with Gasteiger partial charge in [0.05, 0.1) is 17.6 Å². The molecule has 0 aliphatic carbocycles. The number of nitrogens with zero attached hydrogens (tertiary/aromatic N) is 1. The smallest absolute Gasteiger partial charge is 0.396 e. The highest BCUT2D eigenvalue weighted by Gasteiger charge is 2.33. The lowest BCUT2D eigenvalue weighted by Gasteiger charge is -2.24. The molecule has 1 saturated heterocycles. The summed E-state index contributed by atoms with van der Waals surface area (Å²) in [4.78, 5) is 3.31. The van der Waals surface area contributed by atoms with Crippen molar-refractivity contribution in [3.8, 4) is 0 Å². The van der Waals surface area contributed by atoms with Gasteiger partial charge in [-0.3, -0.25) is 0 Å². The predicted octanol–water partition coefficient (Wildman–Crippen LogP) is 3.38. The number of pyridine rings is 1. The number of aromatic nitrogens is 1. The third-order valence-electron chi connectivity index (χ3n) is 3.18. The van der Waals surface area contributed by atoms with E-state index in [4.69, 9.17) is 5.73 Å². The van der Waals surface area contributed by atoms with Crippen molar-refractivity contribution in [1.29, 1.82) is 0 Å². The van der Waals surface area contributed by atoms with Gasteiger partial charge >= 0.3 is 6.18 Å². The molecule has 7 heteroatoms.